The molecule has 0 fully saturated rings. The Morgan fingerprint density at radius 3 is 1.39 bits per heavy atom. The molecule has 0 aromatic rings. The number of esters is 2. The van der Waals surface area contributed by atoms with Crippen LogP contribution in [0.15, 0.2) is 23.3 Å². The molecule has 154 valence electrons. The number of Topliss-reactive ketones (excluding diaryl/α,β-unsaturated/α-hetero) is 2. The molecule has 2 unspecified atom stereocenters. The van der Waals surface area contributed by atoms with Crippen molar-refractivity contribution in [1.29, 1.82) is 0 Å². The molecule has 0 aromatic carbocycles. The van der Waals surface area contributed by atoms with Crippen molar-refractivity contribution in [1.82, 2.24) is 9.80 Å². The van der Waals surface area contributed by atoms with Gasteiger partial charge in [-0.15, -0.1) is 0 Å². The molecular weight excluding hydrogens is 364 g/mol. The standard InChI is InChI=1S/C20H28N2O6/c1-13(23)17(15-5-9-21(3)10-6-15)27-19(25)20(26)28-18(14(2)24)16-7-11-22(4)12-8-16/h5,7,17-18H,6,8-12H2,1-4H3. The third kappa shape index (κ3) is 5.84. The monoisotopic (exact) mass is 392 g/mol. The summed E-state index contributed by atoms with van der Waals surface area (Å²) < 4.78 is 10.3. The predicted molar refractivity (Wildman–Crippen MR) is 102 cm³/mol. The Kier molecular flexibility index (Phi) is 7.65. The summed E-state index contributed by atoms with van der Waals surface area (Å²) in [5.41, 5.74) is 1.35. The SMILES string of the molecule is CC(=O)C(OC(=O)C(=O)OC(C(C)=O)C1=CCN(C)CC1)C1=CCN(C)CC1. The second-order valence-corrected chi connectivity index (χ2v) is 7.37. The molecule has 2 rings (SSSR count). The minimum atomic E-state index is -1.26. The van der Waals surface area contributed by atoms with Crippen molar-refractivity contribution in [3.05, 3.63) is 23.3 Å². The summed E-state index contributed by atoms with van der Waals surface area (Å²) in [6, 6.07) is 0. The van der Waals surface area contributed by atoms with Crippen LogP contribution in [0.5, 0.6) is 0 Å². The molecule has 2 aliphatic rings. The van der Waals surface area contributed by atoms with Crippen LogP contribution in [0.4, 0.5) is 0 Å². The molecule has 0 saturated heterocycles. The molecule has 28 heavy (non-hydrogen) atoms. The van der Waals surface area contributed by atoms with Gasteiger partial charge < -0.3 is 19.3 Å². The third-order valence-corrected chi connectivity index (χ3v) is 4.92. The van der Waals surface area contributed by atoms with E-state index in [0.29, 0.717) is 37.1 Å². The number of carbonyl (C=O) groups is 4. The number of rotatable bonds is 6. The topological polar surface area (TPSA) is 93.2 Å². The van der Waals surface area contributed by atoms with Crippen molar-refractivity contribution in [3.63, 3.8) is 0 Å². The van der Waals surface area contributed by atoms with Gasteiger partial charge in [-0.05, 0) is 51.9 Å². The van der Waals surface area contributed by atoms with E-state index in [-0.39, 0.29) is 11.6 Å². The lowest BCUT2D eigenvalue weighted by Gasteiger charge is -2.27. The summed E-state index contributed by atoms with van der Waals surface area (Å²) in [4.78, 5) is 52.5. The zero-order chi connectivity index (χ0) is 20.8. The van der Waals surface area contributed by atoms with Crippen LogP contribution >= 0.6 is 0 Å². The quantitative estimate of drug-likeness (QED) is 0.367. The van der Waals surface area contributed by atoms with E-state index >= 15 is 0 Å². The predicted octanol–water partition coefficient (Wildman–Crippen LogP) is 0.512. The number of carbonyl (C=O) groups excluding carboxylic acids is 4. The number of hydrogen-bond donors (Lipinski definition) is 0. The molecule has 0 aliphatic carbocycles. The van der Waals surface area contributed by atoms with Crippen molar-refractivity contribution >= 4 is 23.5 Å². The fourth-order valence-electron chi connectivity index (χ4n) is 3.20. The van der Waals surface area contributed by atoms with Crippen molar-refractivity contribution in [3.8, 4) is 0 Å². The van der Waals surface area contributed by atoms with Gasteiger partial charge in [0, 0.05) is 26.2 Å². The first-order chi connectivity index (χ1) is 13.2. The Morgan fingerprint density at radius 1 is 0.786 bits per heavy atom. The van der Waals surface area contributed by atoms with Gasteiger partial charge in [-0.25, -0.2) is 9.59 Å². The van der Waals surface area contributed by atoms with Crippen LogP contribution in [0.1, 0.15) is 26.7 Å². The minimum Gasteiger partial charge on any atom is -0.441 e. The Balaban J connectivity index is 2.04. The molecule has 8 heteroatoms. The maximum Gasteiger partial charge on any atom is 0.418 e. The normalized spacial score (nSPS) is 20.4. The van der Waals surface area contributed by atoms with Crippen molar-refractivity contribution in [2.75, 3.05) is 40.3 Å². The maximum atomic E-state index is 12.2. The van der Waals surface area contributed by atoms with E-state index in [1.807, 2.05) is 26.2 Å². The van der Waals surface area contributed by atoms with E-state index in [0.717, 1.165) is 13.1 Å². The number of likely N-dealkylation sites (N-methyl/N-ethyl adjacent to an activating group) is 2. The van der Waals surface area contributed by atoms with Crippen LogP contribution in [-0.4, -0.2) is 85.8 Å². The molecule has 0 N–H and O–H groups in total. The zero-order valence-electron chi connectivity index (χ0n) is 16.9. The van der Waals surface area contributed by atoms with Gasteiger partial charge in [-0.2, -0.15) is 0 Å². The smallest absolute Gasteiger partial charge is 0.418 e. The van der Waals surface area contributed by atoms with Crippen molar-refractivity contribution in [2.24, 2.45) is 0 Å². The first-order valence-electron chi connectivity index (χ1n) is 9.36. The maximum absolute atomic E-state index is 12.2. The highest BCUT2D eigenvalue weighted by molar-refractivity contribution is 6.30. The van der Waals surface area contributed by atoms with E-state index in [1.54, 1.807) is 0 Å². The molecule has 8 nitrogen and oxygen atoms in total. The van der Waals surface area contributed by atoms with E-state index < -0.39 is 24.1 Å². The number of ketones is 2. The molecule has 2 heterocycles. The lowest BCUT2D eigenvalue weighted by Crippen LogP contribution is -2.38. The van der Waals surface area contributed by atoms with Crippen LogP contribution in [0.25, 0.3) is 0 Å². The highest BCUT2D eigenvalue weighted by Crippen LogP contribution is 2.20. The van der Waals surface area contributed by atoms with Crippen LogP contribution in [-0.2, 0) is 28.7 Å². The molecule has 2 aliphatic heterocycles. The molecule has 2 atom stereocenters. The van der Waals surface area contributed by atoms with Gasteiger partial charge in [0.05, 0.1) is 0 Å². The summed E-state index contributed by atoms with van der Waals surface area (Å²) in [5, 5.41) is 0. The van der Waals surface area contributed by atoms with Gasteiger partial charge in [0.25, 0.3) is 0 Å². The van der Waals surface area contributed by atoms with Gasteiger partial charge in [-0.3, -0.25) is 9.59 Å². The lowest BCUT2D eigenvalue weighted by atomic mass is 9.99. The number of ether oxygens (including phenoxy) is 2. The Bertz CT molecular complexity index is 651. The summed E-state index contributed by atoms with van der Waals surface area (Å²) >= 11 is 0. The van der Waals surface area contributed by atoms with Gasteiger partial charge in [0.2, 0.25) is 0 Å². The van der Waals surface area contributed by atoms with Gasteiger partial charge in [-0.1, -0.05) is 12.2 Å². The van der Waals surface area contributed by atoms with Crippen molar-refractivity contribution in [2.45, 2.75) is 38.9 Å². The molecule has 0 aromatic heterocycles. The fourth-order valence-corrected chi connectivity index (χ4v) is 3.20. The summed E-state index contributed by atoms with van der Waals surface area (Å²) in [6.45, 7) is 5.35. The van der Waals surface area contributed by atoms with E-state index in [9.17, 15) is 19.2 Å². The van der Waals surface area contributed by atoms with Crippen LogP contribution in [0.3, 0.4) is 0 Å². The molecule has 0 saturated carbocycles. The molecule has 0 spiro atoms. The summed E-state index contributed by atoms with van der Waals surface area (Å²) in [7, 11) is 3.89. The first-order valence-corrected chi connectivity index (χ1v) is 9.36. The average molecular weight is 392 g/mol. The number of hydrogen-bond acceptors (Lipinski definition) is 8. The lowest BCUT2D eigenvalue weighted by molar-refractivity contribution is -0.174. The summed E-state index contributed by atoms with van der Waals surface area (Å²) in [6.07, 6.45) is 2.59. The van der Waals surface area contributed by atoms with Crippen molar-refractivity contribution < 1.29 is 28.7 Å². The Hall–Kier alpha value is -2.32. The number of nitrogens with zero attached hydrogens (tertiary/aromatic N) is 2. The summed E-state index contributed by atoms with van der Waals surface area (Å²) in [5.74, 6) is -3.25. The average Bonchev–Trinajstić information content (AvgIpc) is 2.65. The zero-order valence-corrected chi connectivity index (χ0v) is 16.9. The van der Waals surface area contributed by atoms with Crippen LogP contribution in [0.2, 0.25) is 0 Å². The van der Waals surface area contributed by atoms with E-state index in [4.69, 9.17) is 9.47 Å². The second-order valence-electron chi connectivity index (χ2n) is 7.37. The Morgan fingerprint density at radius 2 is 1.14 bits per heavy atom. The highest BCUT2D eigenvalue weighted by atomic mass is 16.6. The van der Waals surface area contributed by atoms with E-state index in [2.05, 4.69) is 9.80 Å². The van der Waals surface area contributed by atoms with Gasteiger partial charge in [0.15, 0.2) is 23.8 Å². The highest BCUT2D eigenvalue weighted by Gasteiger charge is 2.33. The fraction of sp³-hybridized carbons (Fsp3) is 0.600. The van der Waals surface area contributed by atoms with Gasteiger partial charge >= 0.3 is 11.9 Å². The molecular formula is C20H28N2O6. The second kappa shape index (κ2) is 9.75. The molecule has 0 bridgehead atoms. The Labute approximate surface area is 165 Å². The van der Waals surface area contributed by atoms with Gasteiger partial charge in [0.1, 0.15) is 0 Å². The third-order valence-electron chi connectivity index (χ3n) is 4.92. The first kappa shape index (κ1) is 22.0. The molecule has 0 radical (unpaired) electrons. The van der Waals surface area contributed by atoms with Crippen LogP contribution < -0.4 is 0 Å². The molecule has 0 amide bonds. The van der Waals surface area contributed by atoms with Crippen LogP contribution in [0, 0.1) is 0 Å². The van der Waals surface area contributed by atoms with E-state index in [1.165, 1.54) is 13.8 Å². The minimum absolute atomic E-state index is 0.363. The largest absolute Gasteiger partial charge is 0.441 e.